The summed E-state index contributed by atoms with van der Waals surface area (Å²) in [5.74, 6) is -0.278. The first-order valence-electron chi connectivity index (χ1n) is 7.15. The van der Waals surface area contributed by atoms with Crippen LogP contribution in [0.4, 0.5) is 20.6 Å². The van der Waals surface area contributed by atoms with Crippen LogP contribution in [-0.4, -0.2) is 42.8 Å². The lowest BCUT2D eigenvalue weighted by molar-refractivity contribution is 0.0240. The maximum absolute atomic E-state index is 13.7. The van der Waals surface area contributed by atoms with E-state index in [9.17, 15) is 9.18 Å². The van der Waals surface area contributed by atoms with Crippen LogP contribution < -0.4 is 10.6 Å². The molecule has 1 heterocycles. The monoisotopic (exact) mass is 421 g/mol. The summed E-state index contributed by atoms with van der Waals surface area (Å²) in [6, 6.07) is 3.09. The van der Waals surface area contributed by atoms with Crippen molar-refractivity contribution < 1.29 is 13.9 Å². The summed E-state index contributed by atoms with van der Waals surface area (Å²) >= 11 is 1.92. The highest BCUT2D eigenvalue weighted by Gasteiger charge is 2.26. The minimum Gasteiger partial charge on any atom is -0.444 e. The number of piperazine rings is 1. The third-order valence-corrected chi connectivity index (χ3v) is 4.17. The molecule has 1 aromatic carbocycles. The number of nitrogen functional groups attached to an aromatic ring is 1. The van der Waals surface area contributed by atoms with Gasteiger partial charge in [0.05, 0.1) is 14.9 Å². The summed E-state index contributed by atoms with van der Waals surface area (Å²) in [6.07, 6.45) is -0.311. The van der Waals surface area contributed by atoms with E-state index in [2.05, 4.69) is 0 Å². The van der Waals surface area contributed by atoms with Crippen molar-refractivity contribution in [2.75, 3.05) is 36.8 Å². The topological polar surface area (TPSA) is 58.8 Å². The van der Waals surface area contributed by atoms with Gasteiger partial charge in [-0.05, 0) is 49.4 Å². The Morgan fingerprint density at radius 2 is 1.86 bits per heavy atom. The number of benzene rings is 1. The molecule has 0 atom stereocenters. The molecule has 122 valence electrons. The van der Waals surface area contributed by atoms with Gasteiger partial charge in [-0.2, -0.15) is 0 Å². The molecule has 1 amide bonds. The Kier molecular flexibility index (Phi) is 5.03. The van der Waals surface area contributed by atoms with E-state index in [0.717, 1.165) is 0 Å². The van der Waals surface area contributed by atoms with E-state index in [1.54, 1.807) is 11.0 Å². The lowest BCUT2D eigenvalue weighted by Gasteiger charge is -2.37. The first-order valence-corrected chi connectivity index (χ1v) is 8.22. The molecule has 1 saturated heterocycles. The van der Waals surface area contributed by atoms with Gasteiger partial charge in [0, 0.05) is 32.2 Å². The number of halogens is 2. The average Bonchev–Trinajstić information content (AvgIpc) is 2.41. The number of hydrogen-bond acceptors (Lipinski definition) is 4. The van der Waals surface area contributed by atoms with Crippen LogP contribution in [0.1, 0.15) is 20.8 Å². The molecule has 0 aromatic heterocycles. The van der Waals surface area contributed by atoms with Gasteiger partial charge in [-0.15, -0.1) is 0 Å². The van der Waals surface area contributed by atoms with Crippen molar-refractivity contribution in [1.29, 1.82) is 0 Å². The number of ether oxygens (including phenoxy) is 1. The maximum atomic E-state index is 13.7. The number of nitrogens with two attached hydrogens (primary N) is 1. The Bertz CT molecular complexity index is 567. The Morgan fingerprint density at radius 1 is 1.27 bits per heavy atom. The zero-order chi connectivity index (χ0) is 16.5. The van der Waals surface area contributed by atoms with Crippen LogP contribution in [0.5, 0.6) is 0 Å². The van der Waals surface area contributed by atoms with Crippen molar-refractivity contribution in [3.8, 4) is 0 Å². The summed E-state index contributed by atoms with van der Waals surface area (Å²) in [5, 5.41) is 0. The average molecular weight is 421 g/mol. The first-order chi connectivity index (χ1) is 10.2. The van der Waals surface area contributed by atoms with Crippen LogP contribution in [0, 0.1) is 9.39 Å². The third-order valence-electron chi connectivity index (χ3n) is 3.34. The molecule has 0 aliphatic carbocycles. The minimum atomic E-state index is -0.502. The van der Waals surface area contributed by atoms with E-state index in [0.29, 0.717) is 41.1 Å². The normalized spacial score (nSPS) is 15.9. The third kappa shape index (κ3) is 4.15. The zero-order valence-electron chi connectivity index (χ0n) is 13.0. The van der Waals surface area contributed by atoms with Gasteiger partial charge in [0.2, 0.25) is 0 Å². The van der Waals surface area contributed by atoms with Gasteiger partial charge >= 0.3 is 6.09 Å². The second kappa shape index (κ2) is 6.47. The van der Waals surface area contributed by atoms with Crippen LogP contribution in [0.15, 0.2) is 12.1 Å². The molecule has 1 fully saturated rings. The van der Waals surface area contributed by atoms with Crippen molar-refractivity contribution in [2.45, 2.75) is 26.4 Å². The van der Waals surface area contributed by atoms with Crippen molar-refractivity contribution in [3.63, 3.8) is 0 Å². The molecule has 0 spiro atoms. The Hall–Kier alpha value is -1.25. The Balaban J connectivity index is 2.01. The standard InChI is InChI=1S/C15H21FIN3O2/c1-15(2,3)22-14(21)20-6-4-19(5-7-20)13-8-10(16)11(17)9-12(13)18/h8-9H,4-7,18H2,1-3H3. The molecule has 1 aliphatic rings. The molecular formula is C15H21FIN3O2. The molecule has 2 N–H and O–H groups in total. The SMILES string of the molecule is CC(C)(C)OC(=O)N1CCN(c2cc(F)c(I)cc2N)CC1. The number of amides is 1. The molecule has 0 saturated carbocycles. The van der Waals surface area contributed by atoms with Crippen molar-refractivity contribution >= 4 is 40.1 Å². The van der Waals surface area contributed by atoms with Gasteiger partial charge < -0.3 is 20.3 Å². The lowest BCUT2D eigenvalue weighted by atomic mass is 10.2. The van der Waals surface area contributed by atoms with Crippen LogP contribution in [0.25, 0.3) is 0 Å². The van der Waals surface area contributed by atoms with Gasteiger partial charge in [-0.1, -0.05) is 0 Å². The fourth-order valence-electron chi connectivity index (χ4n) is 2.28. The fraction of sp³-hybridized carbons (Fsp3) is 0.533. The van der Waals surface area contributed by atoms with E-state index in [4.69, 9.17) is 10.5 Å². The van der Waals surface area contributed by atoms with Gasteiger partial charge in [0.1, 0.15) is 11.4 Å². The Morgan fingerprint density at radius 3 is 2.41 bits per heavy atom. The fourth-order valence-corrected chi connectivity index (χ4v) is 2.77. The van der Waals surface area contributed by atoms with Crippen molar-refractivity contribution in [2.24, 2.45) is 0 Å². The minimum absolute atomic E-state index is 0.278. The summed E-state index contributed by atoms with van der Waals surface area (Å²) in [4.78, 5) is 15.7. The number of carbonyl (C=O) groups is 1. The number of rotatable bonds is 1. The molecule has 0 bridgehead atoms. The second-order valence-electron chi connectivity index (χ2n) is 6.28. The number of nitrogens with zero attached hydrogens (tertiary/aromatic N) is 2. The summed E-state index contributed by atoms with van der Waals surface area (Å²) in [6.45, 7) is 7.79. The largest absolute Gasteiger partial charge is 0.444 e. The predicted molar refractivity (Wildman–Crippen MR) is 93.5 cm³/mol. The van der Waals surface area contributed by atoms with E-state index in [-0.39, 0.29) is 11.9 Å². The highest BCUT2D eigenvalue weighted by molar-refractivity contribution is 14.1. The molecule has 0 unspecified atom stereocenters. The molecule has 22 heavy (non-hydrogen) atoms. The molecule has 1 aromatic rings. The summed E-state index contributed by atoms with van der Waals surface area (Å²) in [5.41, 5.74) is 6.71. The van der Waals surface area contributed by atoms with Gasteiger partial charge in [-0.3, -0.25) is 0 Å². The van der Waals surface area contributed by atoms with Crippen LogP contribution >= 0.6 is 22.6 Å². The molecule has 2 rings (SSSR count). The molecule has 7 heteroatoms. The summed E-state index contributed by atoms with van der Waals surface area (Å²) < 4.78 is 19.6. The van der Waals surface area contributed by atoms with Gasteiger partial charge in [0.15, 0.2) is 0 Å². The summed E-state index contributed by atoms with van der Waals surface area (Å²) in [7, 11) is 0. The highest BCUT2D eigenvalue weighted by Crippen LogP contribution is 2.28. The highest BCUT2D eigenvalue weighted by atomic mass is 127. The van der Waals surface area contributed by atoms with E-state index >= 15 is 0 Å². The quantitative estimate of drug-likeness (QED) is 0.560. The first kappa shape index (κ1) is 17.1. The van der Waals surface area contributed by atoms with Crippen molar-refractivity contribution in [3.05, 3.63) is 21.5 Å². The zero-order valence-corrected chi connectivity index (χ0v) is 15.2. The number of anilines is 2. The van der Waals surface area contributed by atoms with E-state index < -0.39 is 5.60 Å². The smallest absolute Gasteiger partial charge is 0.410 e. The lowest BCUT2D eigenvalue weighted by Crippen LogP contribution is -2.50. The van der Waals surface area contributed by atoms with E-state index in [1.165, 1.54) is 6.07 Å². The molecule has 1 aliphatic heterocycles. The van der Waals surface area contributed by atoms with Crippen LogP contribution in [0.2, 0.25) is 0 Å². The second-order valence-corrected chi connectivity index (χ2v) is 7.44. The van der Waals surface area contributed by atoms with Crippen LogP contribution in [-0.2, 0) is 4.74 Å². The molecular weight excluding hydrogens is 400 g/mol. The molecule has 5 nitrogen and oxygen atoms in total. The van der Waals surface area contributed by atoms with Gasteiger partial charge in [0.25, 0.3) is 0 Å². The number of carbonyl (C=O) groups excluding carboxylic acids is 1. The maximum Gasteiger partial charge on any atom is 0.410 e. The number of hydrogen-bond donors (Lipinski definition) is 1. The predicted octanol–water partition coefficient (Wildman–Crippen LogP) is 3.07. The Labute approximate surface area is 143 Å². The van der Waals surface area contributed by atoms with Crippen LogP contribution in [0.3, 0.4) is 0 Å². The van der Waals surface area contributed by atoms with Gasteiger partial charge in [-0.25, -0.2) is 9.18 Å². The molecule has 0 radical (unpaired) electrons. The van der Waals surface area contributed by atoms with E-state index in [1.807, 2.05) is 48.3 Å². The van der Waals surface area contributed by atoms with Crippen molar-refractivity contribution in [1.82, 2.24) is 4.90 Å².